The Labute approximate surface area is 241 Å². The minimum absolute atomic E-state index is 0.0700. The predicted octanol–water partition coefficient (Wildman–Crippen LogP) is 3.50. The molecular weight excluding hydrogens is 540 g/mol. The molecule has 0 aliphatic carbocycles. The average Bonchev–Trinajstić information content (AvgIpc) is 3.74. The smallest absolute Gasteiger partial charge is 0.319 e. The third kappa shape index (κ3) is 5.27. The molecule has 8 nitrogen and oxygen atoms in total. The van der Waals surface area contributed by atoms with Crippen molar-refractivity contribution in [2.24, 2.45) is 0 Å². The highest BCUT2D eigenvalue weighted by molar-refractivity contribution is 5.81. The van der Waals surface area contributed by atoms with E-state index in [4.69, 9.17) is 4.74 Å². The molecule has 2 N–H and O–H groups in total. The van der Waals surface area contributed by atoms with Crippen LogP contribution in [0.1, 0.15) is 48.2 Å². The second kappa shape index (κ2) is 11.4. The van der Waals surface area contributed by atoms with Crippen molar-refractivity contribution in [3.05, 3.63) is 87.1 Å². The van der Waals surface area contributed by atoms with Gasteiger partial charge >= 0.3 is 6.01 Å². The Morgan fingerprint density at radius 3 is 2.83 bits per heavy atom. The first-order valence-corrected chi connectivity index (χ1v) is 13.9. The molecule has 2 atom stereocenters. The molecule has 2 aliphatic heterocycles. The van der Waals surface area contributed by atoms with Gasteiger partial charge in [-0.2, -0.15) is 9.97 Å². The summed E-state index contributed by atoms with van der Waals surface area (Å²) in [5.74, 6) is 9.50. The number of hydrogen-bond acceptors (Lipinski definition) is 6. The summed E-state index contributed by atoms with van der Waals surface area (Å²) in [5, 5.41) is 12.5. The second-order valence-electron chi connectivity index (χ2n) is 10.7. The van der Waals surface area contributed by atoms with Gasteiger partial charge in [0.05, 0.1) is 10.9 Å². The fourth-order valence-corrected chi connectivity index (χ4v) is 5.71. The molecule has 10 heteroatoms. The second-order valence-corrected chi connectivity index (χ2v) is 10.7. The van der Waals surface area contributed by atoms with E-state index >= 15 is 0 Å². The standard InChI is InChI=1S/C32H29F2N5O3/c1-38-17-5-8-23(38)20-42-31-36-28(24-14-16-35-29(24)37-31)9-3-2-4-15-32(41,26-19-21(33)10-13-27(26)34)25-12-11-22-7-6-18-39(22)30(25)40/h10-14,16,19,23,41H,5-8,15,17-18,20H2,1H3,(H,35,36,37)/t23-,32?/m1/s1. The van der Waals surface area contributed by atoms with Crippen molar-refractivity contribution < 1.29 is 18.6 Å². The number of rotatable bonds is 6. The Morgan fingerprint density at radius 2 is 2.00 bits per heavy atom. The fourth-order valence-electron chi connectivity index (χ4n) is 5.71. The number of likely N-dealkylation sites (N-methyl/N-ethyl adjacent to an activating group) is 1. The number of halogens is 2. The van der Waals surface area contributed by atoms with Crippen LogP contribution in [-0.2, 0) is 18.6 Å². The number of pyridine rings is 1. The number of aromatic nitrogens is 4. The maximum Gasteiger partial charge on any atom is 0.319 e. The van der Waals surface area contributed by atoms with Gasteiger partial charge in [-0.3, -0.25) is 4.79 Å². The number of aromatic amines is 1. The quantitative estimate of drug-likeness (QED) is 0.345. The van der Waals surface area contributed by atoms with Gasteiger partial charge in [0.1, 0.15) is 35.2 Å². The topological polar surface area (TPSA) is 96.3 Å². The van der Waals surface area contributed by atoms with Gasteiger partial charge in [-0.15, -0.1) is 0 Å². The predicted molar refractivity (Wildman–Crippen MR) is 153 cm³/mol. The minimum Gasteiger partial charge on any atom is -0.462 e. The largest absolute Gasteiger partial charge is 0.462 e. The van der Waals surface area contributed by atoms with Gasteiger partial charge in [0.25, 0.3) is 5.56 Å². The summed E-state index contributed by atoms with van der Waals surface area (Å²) in [5.41, 5.74) is -1.25. The van der Waals surface area contributed by atoms with Crippen LogP contribution < -0.4 is 10.3 Å². The molecule has 6 rings (SSSR count). The summed E-state index contributed by atoms with van der Waals surface area (Å²) in [6.45, 7) is 1.99. The monoisotopic (exact) mass is 569 g/mol. The van der Waals surface area contributed by atoms with Gasteiger partial charge in [0.15, 0.2) is 0 Å². The first-order chi connectivity index (χ1) is 20.3. The van der Waals surface area contributed by atoms with Crippen LogP contribution in [0.5, 0.6) is 6.01 Å². The highest BCUT2D eigenvalue weighted by Crippen LogP contribution is 2.34. The third-order valence-electron chi connectivity index (χ3n) is 8.05. The first kappa shape index (κ1) is 27.6. The molecule has 0 bridgehead atoms. The molecule has 0 amide bonds. The van der Waals surface area contributed by atoms with Crippen LogP contribution in [0.25, 0.3) is 11.0 Å². The number of aryl methyl sites for hydroxylation is 1. The molecule has 1 saturated heterocycles. The van der Waals surface area contributed by atoms with E-state index in [1.807, 2.05) is 0 Å². The van der Waals surface area contributed by atoms with E-state index in [1.54, 1.807) is 22.9 Å². The highest BCUT2D eigenvalue weighted by Gasteiger charge is 2.37. The van der Waals surface area contributed by atoms with Crippen molar-refractivity contribution in [2.75, 3.05) is 20.2 Å². The molecule has 2 aliphatic rings. The molecule has 5 heterocycles. The lowest BCUT2D eigenvalue weighted by Gasteiger charge is -2.27. The molecule has 214 valence electrons. The van der Waals surface area contributed by atoms with Crippen molar-refractivity contribution in [3.63, 3.8) is 0 Å². The lowest BCUT2D eigenvalue weighted by molar-refractivity contribution is 0.0800. The summed E-state index contributed by atoms with van der Waals surface area (Å²) in [6.07, 6.45) is 5.05. The molecule has 42 heavy (non-hydrogen) atoms. The number of aliphatic hydroxyl groups is 1. The number of H-pyrrole nitrogens is 1. The summed E-state index contributed by atoms with van der Waals surface area (Å²) < 4.78 is 36.6. The van der Waals surface area contributed by atoms with Crippen LogP contribution in [-0.4, -0.2) is 55.8 Å². The van der Waals surface area contributed by atoms with E-state index in [1.165, 1.54) is 6.07 Å². The van der Waals surface area contributed by atoms with Crippen LogP contribution in [0.3, 0.4) is 0 Å². The van der Waals surface area contributed by atoms with Gasteiger partial charge in [0, 0.05) is 36.5 Å². The van der Waals surface area contributed by atoms with E-state index in [0.717, 1.165) is 56.1 Å². The molecule has 1 fully saturated rings. The average molecular weight is 570 g/mol. The van der Waals surface area contributed by atoms with Gasteiger partial charge in [-0.1, -0.05) is 5.92 Å². The molecule has 4 aromatic rings. The normalized spacial score (nSPS) is 17.7. The van der Waals surface area contributed by atoms with Crippen LogP contribution >= 0.6 is 0 Å². The van der Waals surface area contributed by atoms with Gasteiger partial charge in [0.2, 0.25) is 0 Å². The van der Waals surface area contributed by atoms with Crippen molar-refractivity contribution in [1.29, 1.82) is 0 Å². The van der Waals surface area contributed by atoms with Crippen LogP contribution in [0, 0.1) is 35.3 Å². The van der Waals surface area contributed by atoms with Crippen LogP contribution in [0.2, 0.25) is 0 Å². The lowest BCUT2D eigenvalue weighted by Crippen LogP contribution is -2.37. The molecular formula is C32H29F2N5O3. The first-order valence-electron chi connectivity index (χ1n) is 13.9. The van der Waals surface area contributed by atoms with Gasteiger partial charge in [-0.25, -0.2) is 8.78 Å². The summed E-state index contributed by atoms with van der Waals surface area (Å²) >= 11 is 0. The van der Waals surface area contributed by atoms with Crippen molar-refractivity contribution >= 4 is 11.0 Å². The zero-order valence-corrected chi connectivity index (χ0v) is 23.1. The Morgan fingerprint density at radius 1 is 1.12 bits per heavy atom. The zero-order valence-electron chi connectivity index (χ0n) is 23.1. The maximum atomic E-state index is 14.9. The van der Waals surface area contributed by atoms with Crippen molar-refractivity contribution in [1.82, 2.24) is 24.4 Å². The van der Waals surface area contributed by atoms with E-state index in [-0.39, 0.29) is 23.6 Å². The maximum absolute atomic E-state index is 14.9. The van der Waals surface area contributed by atoms with E-state index in [2.05, 4.69) is 50.6 Å². The molecule has 1 aromatic carbocycles. The SMILES string of the molecule is CN1CCC[C@@H]1COc1nc(C#CC#CCC(O)(c2cc(F)ccc2F)c2ccc3n(c2=O)CCC3)c2cc[nH]c2n1. The zero-order chi connectivity index (χ0) is 29.3. The number of likely N-dealkylation sites (tertiary alicyclic amines) is 1. The Balaban J connectivity index is 1.30. The van der Waals surface area contributed by atoms with Gasteiger partial charge in [-0.05, 0) is 93.4 Å². The van der Waals surface area contributed by atoms with Crippen molar-refractivity contribution in [2.45, 2.75) is 50.3 Å². The Bertz CT molecular complexity index is 1840. The van der Waals surface area contributed by atoms with Crippen LogP contribution in [0.4, 0.5) is 8.78 Å². The minimum atomic E-state index is -2.19. The van der Waals surface area contributed by atoms with Crippen molar-refractivity contribution in [3.8, 4) is 29.7 Å². The number of nitrogens with zero attached hydrogens (tertiary/aromatic N) is 4. The van der Waals surface area contributed by atoms with Crippen LogP contribution in [0.15, 0.2) is 47.4 Å². The summed E-state index contributed by atoms with van der Waals surface area (Å²) in [4.78, 5) is 27.5. The lowest BCUT2D eigenvalue weighted by atomic mass is 9.83. The van der Waals surface area contributed by atoms with E-state index in [9.17, 15) is 18.7 Å². The summed E-state index contributed by atoms with van der Waals surface area (Å²) in [6, 6.07) is 8.30. The number of ether oxygens (including phenoxy) is 1. The Hall–Kier alpha value is -4.51. The highest BCUT2D eigenvalue weighted by atomic mass is 19.1. The summed E-state index contributed by atoms with van der Waals surface area (Å²) in [7, 11) is 2.07. The molecule has 0 spiro atoms. The fraction of sp³-hybridized carbons (Fsp3) is 0.344. The molecule has 0 radical (unpaired) electrons. The molecule has 0 saturated carbocycles. The molecule has 3 aromatic heterocycles. The number of fused-ring (bicyclic) bond motifs is 2. The van der Waals surface area contributed by atoms with E-state index in [0.29, 0.717) is 35.9 Å². The van der Waals surface area contributed by atoms with E-state index < -0.39 is 22.8 Å². The third-order valence-corrected chi connectivity index (χ3v) is 8.05. The van der Waals surface area contributed by atoms with Gasteiger partial charge < -0.3 is 24.3 Å². The number of nitrogens with one attached hydrogen (secondary N) is 1. The Kier molecular flexibility index (Phi) is 7.51. The number of hydrogen-bond donors (Lipinski definition) is 2. The molecule has 1 unspecified atom stereocenters. The number of benzene rings is 1.